The second-order valence-corrected chi connectivity index (χ2v) is 10.1. The molecule has 0 unspecified atom stereocenters. The van der Waals surface area contributed by atoms with E-state index >= 15 is 4.39 Å². The molecule has 0 aromatic carbocycles. The van der Waals surface area contributed by atoms with Crippen molar-refractivity contribution in [2.45, 2.75) is 25.8 Å². The highest BCUT2D eigenvalue weighted by Crippen LogP contribution is 2.34. The lowest BCUT2D eigenvalue weighted by Crippen LogP contribution is -2.29. The van der Waals surface area contributed by atoms with E-state index in [9.17, 15) is 0 Å². The van der Waals surface area contributed by atoms with Crippen molar-refractivity contribution in [3.63, 3.8) is 0 Å². The average molecular weight is 511 g/mol. The summed E-state index contributed by atoms with van der Waals surface area (Å²) in [5, 5.41) is 11.7. The van der Waals surface area contributed by atoms with Crippen LogP contribution in [0.3, 0.4) is 0 Å². The molecule has 0 aliphatic carbocycles. The van der Waals surface area contributed by atoms with Crippen LogP contribution in [0.15, 0.2) is 53.7 Å². The minimum absolute atomic E-state index is 0.247. The molecule has 10 heteroatoms. The zero-order valence-electron chi connectivity index (χ0n) is 19.9. The van der Waals surface area contributed by atoms with Crippen LogP contribution in [0.1, 0.15) is 24.8 Å². The Morgan fingerprint density at radius 1 is 1.00 bits per heavy atom. The van der Waals surface area contributed by atoms with E-state index in [1.807, 2.05) is 29.8 Å². The van der Waals surface area contributed by atoms with E-state index in [1.54, 1.807) is 29.9 Å². The van der Waals surface area contributed by atoms with Crippen molar-refractivity contribution in [2.75, 3.05) is 13.1 Å². The van der Waals surface area contributed by atoms with Gasteiger partial charge in [0.05, 0.1) is 17.1 Å². The van der Waals surface area contributed by atoms with Gasteiger partial charge in [-0.25, -0.2) is 14.4 Å². The van der Waals surface area contributed by atoms with Gasteiger partial charge in [-0.2, -0.15) is 16.4 Å². The van der Waals surface area contributed by atoms with Crippen LogP contribution in [0, 0.1) is 5.82 Å². The van der Waals surface area contributed by atoms with Gasteiger partial charge < -0.3 is 4.98 Å². The predicted molar refractivity (Wildman–Crippen MR) is 142 cm³/mol. The van der Waals surface area contributed by atoms with Crippen LogP contribution in [-0.4, -0.2) is 53.1 Å². The molecule has 0 saturated carbocycles. The normalized spacial score (nSPS) is 14.6. The minimum atomic E-state index is -0.454. The van der Waals surface area contributed by atoms with E-state index in [1.165, 1.54) is 19.3 Å². The van der Waals surface area contributed by atoms with E-state index in [0.717, 1.165) is 41.8 Å². The van der Waals surface area contributed by atoms with Crippen molar-refractivity contribution >= 4 is 33.4 Å². The molecule has 37 heavy (non-hydrogen) atoms. The van der Waals surface area contributed by atoms with Gasteiger partial charge in [-0.05, 0) is 66.0 Å². The van der Waals surface area contributed by atoms with E-state index in [-0.39, 0.29) is 5.69 Å². The molecule has 1 saturated heterocycles. The maximum atomic E-state index is 16.1. The Morgan fingerprint density at radius 3 is 2.78 bits per heavy atom. The van der Waals surface area contributed by atoms with Crippen LogP contribution in [-0.2, 0) is 6.54 Å². The summed E-state index contributed by atoms with van der Waals surface area (Å²) in [5.74, 6) is -0.00546. The topological polar surface area (TPSA) is 99.3 Å². The van der Waals surface area contributed by atoms with Crippen molar-refractivity contribution in [1.82, 2.24) is 40.0 Å². The van der Waals surface area contributed by atoms with Gasteiger partial charge in [0, 0.05) is 36.3 Å². The number of imidazole rings is 1. The fourth-order valence-corrected chi connectivity index (χ4v) is 5.76. The van der Waals surface area contributed by atoms with E-state index < -0.39 is 5.82 Å². The Kier molecular flexibility index (Phi) is 5.48. The first-order valence-electron chi connectivity index (χ1n) is 12.3. The summed E-state index contributed by atoms with van der Waals surface area (Å²) in [6.07, 6.45) is 10.6. The molecule has 0 radical (unpaired) electrons. The van der Waals surface area contributed by atoms with Gasteiger partial charge in [0.15, 0.2) is 17.3 Å². The van der Waals surface area contributed by atoms with Gasteiger partial charge in [-0.1, -0.05) is 6.42 Å². The molecule has 7 heterocycles. The Balaban J connectivity index is 1.30. The Morgan fingerprint density at radius 2 is 1.92 bits per heavy atom. The number of aromatic amines is 2. The van der Waals surface area contributed by atoms with Gasteiger partial charge in [0.1, 0.15) is 16.9 Å². The first kappa shape index (κ1) is 22.2. The van der Waals surface area contributed by atoms with Crippen LogP contribution >= 0.6 is 11.3 Å². The second kappa shape index (κ2) is 9.13. The van der Waals surface area contributed by atoms with Crippen molar-refractivity contribution in [3.8, 4) is 33.9 Å². The van der Waals surface area contributed by atoms with Crippen LogP contribution in [0.2, 0.25) is 0 Å². The number of nitrogens with zero attached hydrogens (tertiary/aromatic N) is 6. The lowest BCUT2D eigenvalue weighted by molar-refractivity contribution is 0.220. The molecule has 6 aromatic rings. The standard InChI is InChI=1S/C27H23FN8S/c28-22-21-20(13-31-23(22)18-10-16(11-29-12-18)14-36-7-2-1-3-8-36)34-35-25(21)27-32-24-19(17-5-9-37-15-17)4-6-30-26(24)33-27/h4-6,9-13,15H,1-3,7-8,14H2,(H,34,35)(H,30,32,33). The van der Waals surface area contributed by atoms with Crippen LogP contribution in [0.4, 0.5) is 4.39 Å². The highest BCUT2D eigenvalue weighted by Gasteiger charge is 2.22. The highest BCUT2D eigenvalue weighted by molar-refractivity contribution is 7.08. The van der Waals surface area contributed by atoms with Crippen LogP contribution in [0.5, 0.6) is 0 Å². The molecule has 1 aliphatic rings. The third-order valence-corrected chi connectivity index (χ3v) is 7.59. The first-order chi connectivity index (χ1) is 18.2. The Labute approximate surface area is 215 Å². The quantitative estimate of drug-likeness (QED) is 0.304. The number of piperidine rings is 1. The zero-order chi connectivity index (χ0) is 24.8. The fraction of sp³-hybridized carbons (Fsp3) is 0.222. The molecular formula is C27H23FN8S. The molecule has 6 aromatic heterocycles. The van der Waals surface area contributed by atoms with Crippen molar-refractivity contribution in [3.05, 3.63) is 65.1 Å². The SMILES string of the molecule is Fc1c(-c2cncc(CN3CCCCC3)c2)ncc2[nH]nc(-c3nc4c(-c5ccsc5)ccnc4[nH]3)c12. The number of hydrogen-bond donors (Lipinski definition) is 2. The predicted octanol–water partition coefficient (Wildman–Crippen LogP) is 5.81. The summed E-state index contributed by atoms with van der Waals surface area (Å²) in [6.45, 7) is 2.98. The van der Waals surface area contributed by atoms with Crippen molar-refractivity contribution in [2.24, 2.45) is 0 Å². The molecule has 8 nitrogen and oxygen atoms in total. The number of nitrogens with one attached hydrogen (secondary N) is 2. The number of H-pyrrole nitrogens is 2. The molecular weight excluding hydrogens is 487 g/mol. The zero-order valence-corrected chi connectivity index (χ0v) is 20.7. The van der Waals surface area contributed by atoms with Gasteiger partial charge in [0.2, 0.25) is 0 Å². The summed E-state index contributed by atoms with van der Waals surface area (Å²) in [4.78, 5) is 23.7. The van der Waals surface area contributed by atoms with Gasteiger partial charge in [-0.3, -0.25) is 20.0 Å². The summed E-state index contributed by atoms with van der Waals surface area (Å²) in [5.41, 5.74) is 6.21. The molecule has 0 spiro atoms. The third kappa shape index (κ3) is 3.98. The van der Waals surface area contributed by atoms with Crippen LogP contribution in [0.25, 0.3) is 56.0 Å². The minimum Gasteiger partial charge on any atom is -0.321 e. The van der Waals surface area contributed by atoms with Gasteiger partial charge in [0.25, 0.3) is 0 Å². The van der Waals surface area contributed by atoms with Crippen molar-refractivity contribution in [1.29, 1.82) is 0 Å². The fourth-order valence-electron chi connectivity index (χ4n) is 5.10. The molecule has 184 valence electrons. The second-order valence-electron chi connectivity index (χ2n) is 9.35. The lowest BCUT2D eigenvalue weighted by atomic mass is 10.1. The maximum absolute atomic E-state index is 16.1. The monoisotopic (exact) mass is 510 g/mol. The van der Waals surface area contributed by atoms with E-state index in [4.69, 9.17) is 4.98 Å². The smallest absolute Gasteiger partial charge is 0.161 e. The number of fused-ring (bicyclic) bond motifs is 2. The summed E-state index contributed by atoms with van der Waals surface area (Å²) >= 11 is 1.62. The third-order valence-electron chi connectivity index (χ3n) is 6.91. The number of pyridine rings is 3. The van der Waals surface area contributed by atoms with Crippen molar-refractivity contribution < 1.29 is 4.39 Å². The maximum Gasteiger partial charge on any atom is 0.161 e. The van der Waals surface area contributed by atoms with E-state index in [0.29, 0.717) is 33.6 Å². The molecule has 2 N–H and O–H groups in total. The number of thiophene rings is 1. The number of rotatable bonds is 5. The molecule has 0 bridgehead atoms. The number of halogens is 1. The highest BCUT2D eigenvalue weighted by atomic mass is 32.1. The van der Waals surface area contributed by atoms with E-state index in [2.05, 4.69) is 40.4 Å². The largest absolute Gasteiger partial charge is 0.321 e. The van der Waals surface area contributed by atoms with Gasteiger partial charge in [-0.15, -0.1) is 0 Å². The number of likely N-dealkylation sites (tertiary alicyclic amines) is 1. The molecule has 0 amide bonds. The summed E-state index contributed by atoms with van der Waals surface area (Å²) in [6, 6.07) is 5.96. The Bertz CT molecular complexity index is 1720. The summed E-state index contributed by atoms with van der Waals surface area (Å²) in [7, 11) is 0. The molecule has 1 aliphatic heterocycles. The summed E-state index contributed by atoms with van der Waals surface area (Å²) < 4.78 is 16.1. The molecule has 7 rings (SSSR count). The first-order valence-corrected chi connectivity index (χ1v) is 13.3. The number of hydrogen-bond acceptors (Lipinski definition) is 7. The van der Waals surface area contributed by atoms with Gasteiger partial charge >= 0.3 is 0 Å². The van der Waals surface area contributed by atoms with Crippen LogP contribution < -0.4 is 0 Å². The molecule has 1 fully saturated rings. The average Bonchev–Trinajstić information content (AvgIpc) is 3.69. The lowest BCUT2D eigenvalue weighted by Gasteiger charge is -2.26. The Hall–Kier alpha value is -4.02. The number of aromatic nitrogens is 7. The molecule has 0 atom stereocenters.